The summed E-state index contributed by atoms with van der Waals surface area (Å²) in [5, 5.41) is 0. The number of rotatable bonds is 24. The third-order valence-corrected chi connectivity index (χ3v) is 9.06. The zero-order chi connectivity index (χ0) is 39.5. The van der Waals surface area contributed by atoms with E-state index in [1.807, 2.05) is 54.6 Å². The molecule has 286 valence electrons. The Morgan fingerprint density at radius 1 is 0.446 bits per heavy atom. The highest BCUT2D eigenvalue weighted by Crippen LogP contribution is 2.40. The molecule has 3 heteroatoms. The molecule has 0 saturated carbocycles. The minimum absolute atomic E-state index is 0.228. The van der Waals surface area contributed by atoms with Crippen molar-refractivity contribution in [1.29, 1.82) is 0 Å². The fourth-order valence-electron chi connectivity index (χ4n) is 6.23. The van der Waals surface area contributed by atoms with E-state index in [9.17, 15) is 0 Å². The fraction of sp³-hybridized carbons (Fsp3) is 0.396. The van der Waals surface area contributed by atoms with Crippen LogP contribution in [0.1, 0.15) is 120 Å². The Morgan fingerprint density at radius 2 is 0.821 bits per heavy atom. The summed E-state index contributed by atoms with van der Waals surface area (Å²) in [7, 11) is 0. The standard InChI is InChI=1S/C53H56O3/c1-3-5-7-9-11-13-15-17-19-20-22-24-26-37-45-54-47-52(55-46-38-27-25-23-21-18-16-14-12-10-8-6-4-2)48-56-53(49-39-31-28-32-40-49,50-41-33-29-34-42-50)51-43-35-30-36-44-51/h28-36,39-44,52H,3,5,7,9,11,13,15,17,19-20,22,24,26,37,45,47-48H2,1-2H3. The second-order valence-electron chi connectivity index (χ2n) is 13.4. The molecular formula is C53H56O3. The maximum absolute atomic E-state index is 7.03. The lowest BCUT2D eigenvalue weighted by atomic mass is 9.80. The Labute approximate surface area is 339 Å². The number of benzene rings is 3. The summed E-state index contributed by atoms with van der Waals surface area (Å²) in [6, 6.07) is 30.9. The van der Waals surface area contributed by atoms with Gasteiger partial charge in [0.25, 0.3) is 0 Å². The van der Waals surface area contributed by atoms with E-state index in [2.05, 4.69) is 126 Å². The number of hydrogen-bond donors (Lipinski definition) is 0. The predicted molar refractivity (Wildman–Crippen MR) is 231 cm³/mol. The second kappa shape index (κ2) is 30.6. The molecule has 0 N–H and O–H groups in total. The third-order valence-electron chi connectivity index (χ3n) is 9.06. The average Bonchev–Trinajstić information content (AvgIpc) is 3.24. The Morgan fingerprint density at radius 3 is 1.23 bits per heavy atom. The first-order chi connectivity index (χ1) is 27.8. The van der Waals surface area contributed by atoms with Crippen LogP contribution in [0.15, 0.2) is 91.0 Å². The van der Waals surface area contributed by atoms with Crippen molar-refractivity contribution in [1.82, 2.24) is 0 Å². The van der Waals surface area contributed by atoms with E-state index in [4.69, 9.17) is 14.2 Å². The van der Waals surface area contributed by atoms with Crippen LogP contribution in [0.3, 0.4) is 0 Å². The molecule has 3 nitrogen and oxygen atoms in total. The van der Waals surface area contributed by atoms with Gasteiger partial charge < -0.3 is 14.2 Å². The smallest absolute Gasteiger partial charge is 0.157 e. The molecule has 0 aliphatic carbocycles. The van der Waals surface area contributed by atoms with Gasteiger partial charge in [0.15, 0.2) is 6.10 Å². The van der Waals surface area contributed by atoms with Crippen molar-refractivity contribution in [2.45, 2.75) is 115 Å². The van der Waals surface area contributed by atoms with E-state index < -0.39 is 11.7 Å². The normalized spacial score (nSPS) is 10.2. The molecule has 0 saturated heterocycles. The molecule has 0 bridgehead atoms. The lowest BCUT2D eigenvalue weighted by Crippen LogP contribution is -2.37. The molecule has 0 amide bonds. The van der Waals surface area contributed by atoms with E-state index in [0.717, 1.165) is 29.5 Å². The van der Waals surface area contributed by atoms with E-state index in [1.54, 1.807) is 6.92 Å². The lowest BCUT2D eigenvalue weighted by Gasteiger charge is -2.36. The van der Waals surface area contributed by atoms with Gasteiger partial charge in [-0.05, 0) is 65.6 Å². The average molecular weight is 741 g/mol. The summed E-state index contributed by atoms with van der Waals surface area (Å²) in [6.45, 7) is 5.22. The Bertz CT molecular complexity index is 1870. The topological polar surface area (TPSA) is 27.7 Å². The second-order valence-corrected chi connectivity index (χ2v) is 13.4. The summed E-state index contributed by atoms with van der Waals surface area (Å²) in [4.78, 5) is 0. The van der Waals surface area contributed by atoms with Crippen molar-refractivity contribution in [2.75, 3.05) is 19.8 Å². The number of hydrogen-bond acceptors (Lipinski definition) is 3. The summed E-state index contributed by atoms with van der Waals surface area (Å²) in [6.07, 6.45) is 20.8. The summed E-state index contributed by atoms with van der Waals surface area (Å²) in [5.41, 5.74) is 2.16. The van der Waals surface area contributed by atoms with Crippen LogP contribution in [0.25, 0.3) is 0 Å². The van der Waals surface area contributed by atoms with Crippen molar-refractivity contribution < 1.29 is 14.2 Å². The molecule has 0 heterocycles. The molecule has 0 spiro atoms. The summed E-state index contributed by atoms with van der Waals surface area (Å²) < 4.78 is 19.2. The van der Waals surface area contributed by atoms with Gasteiger partial charge in [0, 0.05) is 42.1 Å². The summed E-state index contributed by atoms with van der Waals surface area (Å²) >= 11 is 0. The van der Waals surface area contributed by atoms with Gasteiger partial charge in [0.2, 0.25) is 0 Å². The molecule has 1 atom stereocenters. The minimum atomic E-state index is -0.884. The number of unbranched alkanes of at least 4 members (excludes halogenated alkanes) is 13. The Kier molecular flexibility index (Phi) is 24.4. The van der Waals surface area contributed by atoms with E-state index >= 15 is 0 Å². The predicted octanol–water partition coefficient (Wildman–Crippen LogP) is 10.9. The first-order valence-corrected chi connectivity index (χ1v) is 20.3. The molecule has 0 radical (unpaired) electrons. The monoisotopic (exact) mass is 740 g/mol. The van der Waals surface area contributed by atoms with Crippen LogP contribution in [0, 0.1) is 83.1 Å². The molecular weight excluding hydrogens is 685 g/mol. The third kappa shape index (κ3) is 18.6. The zero-order valence-corrected chi connectivity index (χ0v) is 33.5. The highest BCUT2D eigenvalue weighted by molar-refractivity contribution is 5.48. The minimum Gasteiger partial charge on any atom is -0.438 e. The molecule has 3 aromatic carbocycles. The molecule has 3 rings (SSSR count). The highest BCUT2D eigenvalue weighted by Gasteiger charge is 2.38. The van der Waals surface area contributed by atoms with Crippen molar-refractivity contribution in [3.63, 3.8) is 0 Å². The van der Waals surface area contributed by atoms with Crippen molar-refractivity contribution >= 4 is 0 Å². The van der Waals surface area contributed by atoms with E-state index in [0.29, 0.717) is 13.2 Å². The van der Waals surface area contributed by atoms with Gasteiger partial charge in [-0.2, -0.15) is 0 Å². The van der Waals surface area contributed by atoms with Crippen LogP contribution in [-0.4, -0.2) is 25.9 Å². The quantitative estimate of drug-likeness (QED) is 0.0520. The van der Waals surface area contributed by atoms with Gasteiger partial charge in [-0.1, -0.05) is 187 Å². The molecule has 1 unspecified atom stereocenters. The van der Waals surface area contributed by atoms with Gasteiger partial charge in [-0.15, -0.1) is 0 Å². The van der Waals surface area contributed by atoms with E-state index in [-0.39, 0.29) is 6.61 Å². The van der Waals surface area contributed by atoms with Gasteiger partial charge >= 0.3 is 0 Å². The fourth-order valence-corrected chi connectivity index (χ4v) is 6.23. The van der Waals surface area contributed by atoms with E-state index in [1.165, 1.54) is 77.0 Å². The van der Waals surface area contributed by atoms with Crippen molar-refractivity contribution in [3.8, 4) is 83.1 Å². The Balaban J connectivity index is 1.61. The highest BCUT2D eigenvalue weighted by atomic mass is 16.6. The largest absolute Gasteiger partial charge is 0.438 e. The molecule has 0 fully saturated rings. The van der Waals surface area contributed by atoms with Crippen LogP contribution < -0.4 is 0 Å². The first-order valence-electron chi connectivity index (χ1n) is 20.3. The van der Waals surface area contributed by atoms with Gasteiger partial charge in [0.05, 0.1) is 13.2 Å². The van der Waals surface area contributed by atoms with Gasteiger partial charge in [-0.25, -0.2) is 0 Å². The summed E-state index contributed by atoms with van der Waals surface area (Å²) in [5.74, 6) is 34.3. The van der Waals surface area contributed by atoms with Crippen LogP contribution in [0.4, 0.5) is 0 Å². The van der Waals surface area contributed by atoms with Crippen LogP contribution >= 0.6 is 0 Å². The molecule has 3 aromatic rings. The molecule has 0 aliphatic heterocycles. The maximum atomic E-state index is 7.03. The van der Waals surface area contributed by atoms with Crippen LogP contribution in [0.5, 0.6) is 0 Å². The van der Waals surface area contributed by atoms with Gasteiger partial charge in [0.1, 0.15) is 11.7 Å². The van der Waals surface area contributed by atoms with Crippen LogP contribution in [-0.2, 0) is 19.8 Å². The number of ether oxygens (including phenoxy) is 3. The first kappa shape index (κ1) is 44.7. The zero-order valence-electron chi connectivity index (χ0n) is 33.5. The Hall–Kier alpha value is -5.70. The van der Waals surface area contributed by atoms with Gasteiger partial charge in [-0.3, -0.25) is 0 Å². The lowest BCUT2D eigenvalue weighted by molar-refractivity contribution is -0.0637. The van der Waals surface area contributed by atoms with Crippen molar-refractivity contribution in [3.05, 3.63) is 108 Å². The SMILES string of the molecule is CC#CC#CC#CC#CC#CC#CC#COC(COCCCCCCCCCCCCCCCC)COC(c1ccccc1)(c1ccccc1)c1ccccc1. The van der Waals surface area contributed by atoms with Crippen LogP contribution in [0.2, 0.25) is 0 Å². The molecule has 0 aliphatic rings. The molecule has 56 heavy (non-hydrogen) atoms. The van der Waals surface area contributed by atoms with Crippen molar-refractivity contribution in [2.24, 2.45) is 0 Å². The molecule has 0 aromatic heterocycles. The maximum Gasteiger partial charge on any atom is 0.157 e.